The van der Waals surface area contributed by atoms with Gasteiger partial charge in [0.15, 0.2) is 5.82 Å². The average molecular weight is 448 g/mol. The van der Waals surface area contributed by atoms with Gasteiger partial charge in [0.05, 0.1) is 25.6 Å². The summed E-state index contributed by atoms with van der Waals surface area (Å²) >= 11 is 0. The van der Waals surface area contributed by atoms with Crippen molar-refractivity contribution in [3.8, 4) is 34.0 Å². The Morgan fingerprint density at radius 1 is 0.969 bits per heavy atom. The minimum absolute atomic E-state index is 0.219. The number of ether oxygens (including phenoxy) is 3. The van der Waals surface area contributed by atoms with Crippen molar-refractivity contribution >= 4 is 5.78 Å². The predicted molar refractivity (Wildman–Crippen MR) is 113 cm³/mol. The predicted octanol–water partition coefficient (Wildman–Crippen LogP) is 5.53. The Morgan fingerprint density at radius 2 is 1.47 bits per heavy atom. The molecule has 3 aromatic rings. The monoisotopic (exact) mass is 448 g/mol. The molecule has 0 saturated heterocycles. The Labute approximate surface area is 183 Å². The Morgan fingerprint density at radius 3 is 1.91 bits per heavy atom. The van der Waals surface area contributed by atoms with Gasteiger partial charge in [0.1, 0.15) is 17.7 Å². The standard InChI is InChI=1S/C23H23F3N2O4/c1-5-32-14(2)28-20(16-8-12-18(31-4)13-9-16)19(15-6-10-17(30-3)11-7-15)27-22(28)21(29)23(24,25)26/h6-14H,5H2,1-4H3. The molecule has 2 aromatic carbocycles. The number of halogens is 3. The lowest BCUT2D eigenvalue weighted by atomic mass is 10.0. The number of Topliss-reactive ketones (excluding diaryl/α,β-unsaturated/α-hetero) is 1. The van der Waals surface area contributed by atoms with Crippen LogP contribution in [0.2, 0.25) is 0 Å². The van der Waals surface area contributed by atoms with Gasteiger partial charge in [0.25, 0.3) is 0 Å². The van der Waals surface area contributed by atoms with Crippen LogP contribution in [-0.2, 0) is 4.74 Å². The van der Waals surface area contributed by atoms with Gasteiger partial charge >= 0.3 is 12.0 Å². The molecule has 1 atom stereocenters. The number of nitrogens with zero attached hydrogens (tertiary/aromatic N) is 2. The minimum Gasteiger partial charge on any atom is -0.497 e. The first-order valence-electron chi connectivity index (χ1n) is 9.85. The maximum Gasteiger partial charge on any atom is 0.458 e. The molecule has 0 aliphatic heterocycles. The Balaban J connectivity index is 2.33. The lowest BCUT2D eigenvalue weighted by molar-refractivity contribution is -0.0900. The third kappa shape index (κ3) is 4.62. The van der Waals surface area contributed by atoms with Crippen molar-refractivity contribution in [1.29, 1.82) is 0 Å². The highest BCUT2D eigenvalue weighted by Crippen LogP contribution is 2.38. The molecule has 0 aliphatic carbocycles. The summed E-state index contributed by atoms with van der Waals surface area (Å²) in [4.78, 5) is 16.5. The number of carbonyl (C=O) groups is 1. The van der Waals surface area contributed by atoms with Crippen molar-refractivity contribution in [1.82, 2.24) is 9.55 Å². The van der Waals surface area contributed by atoms with Gasteiger partial charge in [0, 0.05) is 17.7 Å². The molecular formula is C23H23F3N2O4. The van der Waals surface area contributed by atoms with Crippen LogP contribution in [0.1, 0.15) is 30.7 Å². The fourth-order valence-corrected chi connectivity index (χ4v) is 3.36. The number of hydrogen-bond acceptors (Lipinski definition) is 5. The molecule has 1 unspecified atom stereocenters. The van der Waals surface area contributed by atoms with Gasteiger partial charge in [-0.05, 0) is 62.4 Å². The summed E-state index contributed by atoms with van der Waals surface area (Å²) in [6.07, 6.45) is -5.97. The van der Waals surface area contributed by atoms with Crippen LogP contribution < -0.4 is 9.47 Å². The summed E-state index contributed by atoms with van der Waals surface area (Å²) < 4.78 is 57.4. The second-order valence-electron chi connectivity index (χ2n) is 6.84. The van der Waals surface area contributed by atoms with Gasteiger partial charge in [-0.1, -0.05) is 0 Å². The van der Waals surface area contributed by atoms with Crippen LogP contribution in [0.4, 0.5) is 13.2 Å². The van der Waals surface area contributed by atoms with Crippen molar-refractivity contribution in [2.24, 2.45) is 0 Å². The van der Waals surface area contributed by atoms with Crippen molar-refractivity contribution in [2.75, 3.05) is 20.8 Å². The molecule has 0 aliphatic rings. The van der Waals surface area contributed by atoms with Gasteiger partial charge < -0.3 is 14.2 Å². The number of rotatable bonds is 8. The lowest BCUT2D eigenvalue weighted by Crippen LogP contribution is -2.28. The van der Waals surface area contributed by atoms with Crippen LogP contribution in [0.15, 0.2) is 48.5 Å². The van der Waals surface area contributed by atoms with Gasteiger partial charge in [-0.25, -0.2) is 4.98 Å². The molecule has 1 heterocycles. The SMILES string of the molecule is CCOC(C)n1c(C(=O)C(F)(F)F)nc(-c2ccc(OC)cc2)c1-c1ccc(OC)cc1. The van der Waals surface area contributed by atoms with E-state index in [1.165, 1.54) is 18.8 Å². The number of benzene rings is 2. The normalized spacial score (nSPS) is 12.5. The molecule has 0 saturated carbocycles. The van der Waals surface area contributed by atoms with E-state index in [4.69, 9.17) is 14.2 Å². The largest absolute Gasteiger partial charge is 0.497 e. The van der Waals surface area contributed by atoms with E-state index in [2.05, 4.69) is 4.98 Å². The summed E-state index contributed by atoms with van der Waals surface area (Å²) in [5.74, 6) is -1.63. The topological polar surface area (TPSA) is 62.6 Å². The maximum absolute atomic E-state index is 13.4. The lowest BCUT2D eigenvalue weighted by Gasteiger charge is -2.20. The van der Waals surface area contributed by atoms with Crippen LogP contribution in [0.25, 0.3) is 22.5 Å². The zero-order valence-corrected chi connectivity index (χ0v) is 18.1. The molecule has 0 bridgehead atoms. The van der Waals surface area contributed by atoms with E-state index in [0.717, 1.165) is 0 Å². The molecule has 1 aromatic heterocycles. The van der Waals surface area contributed by atoms with E-state index < -0.39 is 24.0 Å². The van der Waals surface area contributed by atoms with E-state index in [0.29, 0.717) is 28.3 Å². The highest BCUT2D eigenvalue weighted by atomic mass is 19.4. The van der Waals surface area contributed by atoms with E-state index >= 15 is 0 Å². The first-order chi connectivity index (χ1) is 15.2. The van der Waals surface area contributed by atoms with E-state index in [9.17, 15) is 18.0 Å². The number of hydrogen-bond donors (Lipinski definition) is 0. The van der Waals surface area contributed by atoms with E-state index in [-0.39, 0.29) is 12.3 Å². The van der Waals surface area contributed by atoms with E-state index in [1.807, 2.05) is 0 Å². The number of aromatic nitrogens is 2. The third-order valence-electron chi connectivity index (χ3n) is 4.87. The Kier molecular flexibility index (Phi) is 6.88. The fourth-order valence-electron chi connectivity index (χ4n) is 3.36. The molecular weight excluding hydrogens is 425 g/mol. The van der Waals surface area contributed by atoms with Gasteiger partial charge in [0.2, 0.25) is 0 Å². The van der Waals surface area contributed by atoms with E-state index in [1.54, 1.807) is 62.4 Å². The summed E-state index contributed by atoms with van der Waals surface area (Å²) in [6.45, 7) is 3.53. The summed E-state index contributed by atoms with van der Waals surface area (Å²) in [5, 5.41) is 0. The van der Waals surface area contributed by atoms with Gasteiger partial charge in [-0.15, -0.1) is 0 Å². The summed E-state index contributed by atoms with van der Waals surface area (Å²) in [6, 6.07) is 13.4. The zero-order valence-electron chi connectivity index (χ0n) is 18.1. The van der Waals surface area contributed by atoms with Crippen LogP contribution in [0.5, 0.6) is 11.5 Å². The zero-order chi connectivity index (χ0) is 23.5. The quantitative estimate of drug-likeness (QED) is 0.424. The van der Waals surface area contributed by atoms with Crippen LogP contribution in [-0.4, -0.2) is 42.3 Å². The first kappa shape index (κ1) is 23.3. The number of methoxy groups -OCH3 is 2. The number of ketones is 1. The molecule has 32 heavy (non-hydrogen) atoms. The van der Waals surface area contributed by atoms with Gasteiger partial charge in [-0.2, -0.15) is 13.2 Å². The molecule has 170 valence electrons. The molecule has 0 fully saturated rings. The van der Waals surface area contributed by atoms with Crippen LogP contribution >= 0.6 is 0 Å². The number of carbonyl (C=O) groups excluding carboxylic acids is 1. The molecule has 0 N–H and O–H groups in total. The minimum atomic E-state index is -5.09. The Bertz CT molecular complexity index is 1070. The van der Waals surface area contributed by atoms with Crippen molar-refractivity contribution < 1.29 is 32.2 Å². The smallest absolute Gasteiger partial charge is 0.458 e. The fraction of sp³-hybridized carbons (Fsp3) is 0.304. The third-order valence-corrected chi connectivity index (χ3v) is 4.87. The molecule has 9 heteroatoms. The Hall–Kier alpha value is -3.33. The second-order valence-corrected chi connectivity index (χ2v) is 6.84. The van der Waals surface area contributed by atoms with Crippen molar-refractivity contribution in [2.45, 2.75) is 26.3 Å². The molecule has 6 nitrogen and oxygen atoms in total. The molecule has 0 spiro atoms. The summed E-state index contributed by atoms with van der Waals surface area (Å²) in [7, 11) is 3.02. The van der Waals surface area contributed by atoms with Crippen LogP contribution in [0.3, 0.4) is 0 Å². The highest BCUT2D eigenvalue weighted by Gasteiger charge is 2.44. The first-order valence-corrected chi connectivity index (χ1v) is 9.85. The molecule has 0 radical (unpaired) electrons. The van der Waals surface area contributed by atoms with Crippen molar-refractivity contribution in [3.63, 3.8) is 0 Å². The number of imidazole rings is 1. The second kappa shape index (κ2) is 9.44. The number of alkyl halides is 3. The average Bonchev–Trinajstić information content (AvgIpc) is 3.18. The molecule has 0 amide bonds. The molecule has 3 rings (SSSR count). The maximum atomic E-state index is 13.4. The van der Waals surface area contributed by atoms with Crippen molar-refractivity contribution in [3.05, 3.63) is 54.4 Å². The highest BCUT2D eigenvalue weighted by molar-refractivity contribution is 5.99. The van der Waals surface area contributed by atoms with Crippen LogP contribution in [0, 0.1) is 0 Å². The van der Waals surface area contributed by atoms with Gasteiger partial charge in [-0.3, -0.25) is 9.36 Å². The summed E-state index contributed by atoms with van der Waals surface area (Å²) in [5.41, 5.74) is 1.62.